The Kier molecular flexibility index (Phi) is 1.94. The van der Waals surface area contributed by atoms with Gasteiger partial charge in [-0.05, 0) is 0 Å². The van der Waals surface area contributed by atoms with Gasteiger partial charge in [0.1, 0.15) is 5.82 Å². The summed E-state index contributed by atoms with van der Waals surface area (Å²) in [4.78, 5) is 14.2. The largest absolute Gasteiger partial charge is 0.454 e. The molecule has 0 saturated carbocycles. The normalized spacial score (nSPS) is 19.4. The van der Waals surface area contributed by atoms with Crippen LogP contribution in [-0.4, -0.2) is 47.9 Å². The van der Waals surface area contributed by atoms with Crippen LogP contribution in [0.4, 0.5) is 13.2 Å². The summed E-state index contributed by atoms with van der Waals surface area (Å²) in [5.41, 5.74) is 0. The van der Waals surface area contributed by atoms with Crippen molar-refractivity contribution in [1.29, 1.82) is 0 Å². The molecule has 2 fully saturated rings. The predicted molar refractivity (Wildman–Crippen MR) is 42.3 cm³/mol. The SMILES string of the molecule is O=C(C=C(N1CC1)N1CC1)C(F)(F)F. The molecule has 2 rings (SSSR count). The number of allylic oxidation sites excluding steroid dienone is 1. The first kappa shape index (κ1) is 9.36. The third-order valence-electron chi connectivity index (χ3n) is 2.08. The molecule has 0 aromatic heterocycles. The van der Waals surface area contributed by atoms with Crippen molar-refractivity contribution in [2.45, 2.75) is 6.18 Å². The molecule has 2 aliphatic rings. The number of hydrogen-bond acceptors (Lipinski definition) is 3. The number of alkyl halides is 3. The van der Waals surface area contributed by atoms with Crippen LogP contribution in [0.2, 0.25) is 0 Å². The Hall–Kier alpha value is -1.20. The molecule has 2 saturated heterocycles. The summed E-state index contributed by atoms with van der Waals surface area (Å²) in [5, 5.41) is 0. The van der Waals surface area contributed by atoms with Gasteiger partial charge in [0.2, 0.25) is 0 Å². The average Bonchev–Trinajstić information content (AvgIpc) is 2.90. The van der Waals surface area contributed by atoms with E-state index in [0.717, 1.165) is 26.2 Å². The molecule has 0 amide bonds. The first-order valence-electron chi connectivity index (χ1n) is 4.31. The Morgan fingerprint density at radius 1 is 1.07 bits per heavy atom. The van der Waals surface area contributed by atoms with Crippen LogP contribution in [0, 0.1) is 0 Å². The quantitative estimate of drug-likeness (QED) is 0.498. The number of rotatable bonds is 3. The van der Waals surface area contributed by atoms with Crippen molar-refractivity contribution >= 4 is 5.78 Å². The van der Waals surface area contributed by atoms with E-state index in [1.165, 1.54) is 0 Å². The van der Waals surface area contributed by atoms with Crippen LogP contribution in [0.25, 0.3) is 0 Å². The lowest BCUT2D eigenvalue weighted by Crippen LogP contribution is -2.22. The Morgan fingerprint density at radius 2 is 1.50 bits per heavy atom. The Morgan fingerprint density at radius 3 is 1.79 bits per heavy atom. The zero-order chi connectivity index (χ0) is 10.3. The molecule has 14 heavy (non-hydrogen) atoms. The van der Waals surface area contributed by atoms with Gasteiger partial charge in [-0.25, -0.2) is 0 Å². The molecular formula is C8H9F3N2O. The molecule has 0 atom stereocenters. The Balaban J connectivity index is 2.09. The second kappa shape index (κ2) is 2.90. The van der Waals surface area contributed by atoms with Gasteiger partial charge in [0.25, 0.3) is 5.78 Å². The molecule has 0 bridgehead atoms. The van der Waals surface area contributed by atoms with Crippen LogP contribution in [0.3, 0.4) is 0 Å². The van der Waals surface area contributed by atoms with Crippen LogP contribution < -0.4 is 0 Å². The molecular weight excluding hydrogens is 197 g/mol. The fourth-order valence-corrected chi connectivity index (χ4v) is 1.14. The molecule has 0 N–H and O–H groups in total. The van der Waals surface area contributed by atoms with Gasteiger partial charge in [0, 0.05) is 32.3 Å². The summed E-state index contributed by atoms with van der Waals surface area (Å²) in [6.07, 6.45) is -4.06. The fraction of sp³-hybridized carbons (Fsp3) is 0.625. The molecule has 0 aliphatic carbocycles. The molecule has 3 nitrogen and oxygen atoms in total. The molecule has 78 valence electrons. The highest BCUT2D eigenvalue weighted by Crippen LogP contribution is 2.26. The lowest BCUT2D eigenvalue weighted by Gasteiger charge is -2.10. The van der Waals surface area contributed by atoms with Crippen LogP contribution >= 0.6 is 0 Å². The molecule has 0 aromatic carbocycles. The highest BCUT2D eigenvalue weighted by molar-refractivity contribution is 5.94. The van der Waals surface area contributed by atoms with Gasteiger partial charge in [-0.1, -0.05) is 0 Å². The minimum atomic E-state index is -4.75. The van der Waals surface area contributed by atoms with Gasteiger partial charge in [-0.15, -0.1) is 0 Å². The molecule has 6 heteroatoms. The Bertz CT molecular complexity index is 275. The predicted octanol–water partition coefficient (Wildman–Crippen LogP) is 0.590. The minimum Gasteiger partial charge on any atom is -0.355 e. The van der Waals surface area contributed by atoms with Gasteiger partial charge in [-0.3, -0.25) is 4.79 Å². The van der Waals surface area contributed by atoms with E-state index in [2.05, 4.69) is 0 Å². The number of carbonyl (C=O) groups excluding carboxylic acids is 1. The van der Waals surface area contributed by atoms with Crippen LogP contribution in [-0.2, 0) is 4.79 Å². The Labute approximate surface area is 78.8 Å². The third-order valence-corrected chi connectivity index (χ3v) is 2.08. The highest BCUT2D eigenvalue weighted by atomic mass is 19.4. The monoisotopic (exact) mass is 206 g/mol. The van der Waals surface area contributed by atoms with Crippen LogP contribution in [0.15, 0.2) is 11.9 Å². The number of carbonyl (C=O) groups is 1. The van der Waals surface area contributed by atoms with Gasteiger partial charge in [0.05, 0.1) is 0 Å². The first-order valence-corrected chi connectivity index (χ1v) is 4.31. The van der Waals surface area contributed by atoms with E-state index in [9.17, 15) is 18.0 Å². The van der Waals surface area contributed by atoms with Crippen molar-refractivity contribution in [3.8, 4) is 0 Å². The lowest BCUT2D eigenvalue weighted by atomic mass is 10.3. The molecule has 0 unspecified atom stereocenters. The van der Waals surface area contributed by atoms with E-state index >= 15 is 0 Å². The number of halogens is 3. The van der Waals surface area contributed by atoms with Gasteiger partial charge in [0.15, 0.2) is 0 Å². The summed E-state index contributed by atoms with van der Waals surface area (Å²) < 4.78 is 35.8. The van der Waals surface area contributed by atoms with Crippen LogP contribution in [0.1, 0.15) is 0 Å². The second-order valence-corrected chi connectivity index (χ2v) is 3.34. The zero-order valence-electron chi connectivity index (χ0n) is 7.34. The molecule has 0 aromatic rings. The maximum absolute atomic E-state index is 11.9. The summed E-state index contributed by atoms with van der Waals surface area (Å²) >= 11 is 0. The smallest absolute Gasteiger partial charge is 0.355 e. The number of hydrogen-bond donors (Lipinski definition) is 0. The van der Waals surface area contributed by atoms with Crippen LogP contribution in [0.5, 0.6) is 0 Å². The summed E-state index contributed by atoms with van der Waals surface area (Å²) in [6.45, 7) is 2.97. The van der Waals surface area contributed by atoms with E-state index in [4.69, 9.17) is 0 Å². The van der Waals surface area contributed by atoms with Gasteiger partial charge in [-0.2, -0.15) is 13.2 Å². The maximum Gasteiger partial charge on any atom is 0.454 e. The minimum absolute atomic E-state index is 0.423. The van der Waals surface area contributed by atoms with E-state index in [0.29, 0.717) is 11.9 Å². The van der Waals surface area contributed by atoms with Crippen molar-refractivity contribution in [3.05, 3.63) is 11.9 Å². The van der Waals surface area contributed by atoms with E-state index < -0.39 is 12.0 Å². The summed E-state index contributed by atoms with van der Waals surface area (Å²) in [5.74, 6) is -1.35. The van der Waals surface area contributed by atoms with E-state index in [1.807, 2.05) is 0 Å². The van der Waals surface area contributed by atoms with Crippen molar-refractivity contribution in [3.63, 3.8) is 0 Å². The molecule has 2 heterocycles. The summed E-state index contributed by atoms with van der Waals surface area (Å²) in [6, 6.07) is 0. The third kappa shape index (κ3) is 2.00. The number of ketones is 1. The fourth-order valence-electron chi connectivity index (χ4n) is 1.14. The number of nitrogens with zero attached hydrogens (tertiary/aromatic N) is 2. The highest BCUT2D eigenvalue weighted by Gasteiger charge is 2.39. The van der Waals surface area contributed by atoms with Crippen molar-refractivity contribution in [1.82, 2.24) is 9.80 Å². The zero-order valence-corrected chi connectivity index (χ0v) is 7.34. The van der Waals surface area contributed by atoms with Gasteiger partial charge >= 0.3 is 6.18 Å². The van der Waals surface area contributed by atoms with E-state index in [-0.39, 0.29) is 0 Å². The molecule has 0 spiro atoms. The van der Waals surface area contributed by atoms with Crippen molar-refractivity contribution in [2.75, 3.05) is 26.2 Å². The maximum atomic E-state index is 11.9. The molecule has 0 radical (unpaired) electrons. The summed E-state index contributed by atoms with van der Waals surface area (Å²) in [7, 11) is 0. The van der Waals surface area contributed by atoms with Gasteiger partial charge < -0.3 is 9.80 Å². The average molecular weight is 206 g/mol. The van der Waals surface area contributed by atoms with E-state index in [1.54, 1.807) is 9.80 Å². The van der Waals surface area contributed by atoms with Crippen molar-refractivity contribution < 1.29 is 18.0 Å². The lowest BCUT2D eigenvalue weighted by molar-refractivity contribution is -0.165. The van der Waals surface area contributed by atoms with Crippen molar-refractivity contribution in [2.24, 2.45) is 0 Å². The topological polar surface area (TPSA) is 23.1 Å². The molecule has 2 aliphatic heterocycles. The standard InChI is InChI=1S/C8H9F3N2O/c9-8(10,11)6(14)5-7(12-1-2-12)13-3-4-13/h5H,1-4H2. The first-order chi connectivity index (χ1) is 6.48. The second-order valence-electron chi connectivity index (χ2n) is 3.34.